The summed E-state index contributed by atoms with van der Waals surface area (Å²) < 4.78 is 31.4. The predicted octanol–water partition coefficient (Wildman–Crippen LogP) is 1.55. The van der Waals surface area contributed by atoms with Gasteiger partial charge >= 0.3 is 0 Å². The zero-order valence-corrected chi connectivity index (χ0v) is 10.9. The van der Waals surface area contributed by atoms with Gasteiger partial charge in [0.25, 0.3) is 5.69 Å². The smallest absolute Gasteiger partial charge is 0.273 e. The molecular formula is C9H10ClNO6S. The number of rotatable bonds is 6. The third kappa shape index (κ3) is 4.38. The fraction of sp³-hybridized carbons (Fsp3) is 0.333. The summed E-state index contributed by atoms with van der Waals surface area (Å²) in [5.41, 5.74) is -0.181. The lowest BCUT2D eigenvalue weighted by Gasteiger charge is -2.09. The Bertz CT molecular complexity index is 544. The van der Waals surface area contributed by atoms with Crippen LogP contribution in [0.5, 0.6) is 11.5 Å². The maximum Gasteiger partial charge on any atom is 0.273 e. The first-order valence-corrected chi connectivity index (χ1v) is 7.19. The number of hydrogen-bond donors (Lipinski definition) is 0. The molecule has 0 aliphatic carbocycles. The largest absolute Gasteiger partial charge is 0.493 e. The molecule has 0 amide bonds. The van der Waals surface area contributed by atoms with Gasteiger partial charge in [0.2, 0.25) is 9.05 Å². The zero-order chi connectivity index (χ0) is 13.8. The molecule has 7 nitrogen and oxygen atoms in total. The van der Waals surface area contributed by atoms with Gasteiger partial charge in [0.05, 0.1) is 23.9 Å². The summed E-state index contributed by atoms with van der Waals surface area (Å²) >= 11 is 0. The van der Waals surface area contributed by atoms with Crippen molar-refractivity contribution >= 4 is 25.4 Å². The van der Waals surface area contributed by atoms with Crippen molar-refractivity contribution in [3.8, 4) is 11.5 Å². The van der Waals surface area contributed by atoms with E-state index in [9.17, 15) is 18.5 Å². The van der Waals surface area contributed by atoms with Gasteiger partial charge in [-0.3, -0.25) is 10.1 Å². The molecule has 1 aromatic carbocycles. The molecule has 0 aliphatic heterocycles. The minimum Gasteiger partial charge on any atom is -0.493 e. The molecule has 18 heavy (non-hydrogen) atoms. The quantitative estimate of drug-likeness (QED) is 0.449. The van der Waals surface area contributed by atoms with Crippen LogP contribution in [0.15, 0.2) is 18.2 Å². The van der Waals surface area contributed by atoms with Gasteiger partial charge in [-0.05, 0) is 6.07 Å². The molecule has 0 spiro atoms. The van der Waals surface area contributed by atoms with Crippen molar-refractivity contribution in [2.75, 3.05) is 19.5 Å². The molecule has 0 N–H and O–H groups in total. The van der Waals surface area contributed by atoms with Crippen LogP contribution in [0.3, 0.4) is 0 Å². The number of hydrogen-bond acceptors (Lipinski definition) is 6. The van der Waals surface area contributed by atoms with Crippen LogP contribution in [-0.4, -0.2) is 32.8 Å². The minimum atomic E-state index is -3.67. The summed E-state index contributed by atoms with van der Waals surface area (Å²) in [6.45, 7) is -0.219. The summed E-state index contributed by atoms with van der Waals surface area (Å²) in [6, 6.07) is 3.77. The van der Waals surface area contributed by atoms with Crippen molar-refractivity contribution in [2.24, 2.45) is 0 Å². The maximum absolute atomic E-state index is 10.7. The summed E-state index contributed by atoms with van der Waals surface area (Å²) in [5, 5.41) is 10.6. The van der Waals surface area contributed by atoms with Crippen LogP contribution in [0, 0.1) is 10.1 Å². The molecule has 1 rings (SSSR count). The SMILES string of the molecule is COc1ccc([N+](=O)[O-])cc1OCCS(=O)(=O)Cl. The Kier molecular flexibility index (Phi) is 4.74. The molecule has 0 atom stereocenters. The summed E-state index contributed by atoms with van der Waals surface area (Å²) in [5.74, 6) is -0.0417. The Labute approximate surface area is 108 Å². The van der Waals surface area contributed by atoms with E-state index in [0.29, 0.717) is 0 Å². The number of ether oxygens (including phenoxy) is 2. The van der Waals surface area contributed by atoms with Gasteiger partial charge in [0.15, 0.2) is 11.5 Å². The van der Waals surface area contributed by atoms with Gasteiger partial charge in [0.1, 0.15) is 6.61 Å². The molecule has 0 bridgehead atoms. The Balaban J connectivity index is 2.85. The van der Waals surface area contributed by atoms with Crippen molar-refractivity contribution in [1.29, 1.82) is 0 Å². The van der Waals surface area contributed by atoms with E-state index in [0.717, 1.165) is 6.07 Å². The third-order valence-corrected chi connectivity index (χ3v) is 3.06. The van der Waals surface area contributed by atoms with Crippen molar-refractivity contribution in [2.45, 2.75) is 0 Å². The van der Waals surface area contributed by atoms with Crippen LogP contribution in [0.2, 0.25) is 0 Å². The van der Waals surface area contributed by atoms with Crippen LogP contribution >= 0.6 is 10.7 Å². The normalized spacial score (nSPS) is 11.0. The first kappa shape index (κ1) is 14.5. The predicted molar refractivity (Wildman–Crippen MR) is 64.8 cm³/mol. The van der Waals surface area contributed by atoms with Gasteiger partial charge in [-0.2, -0.15) is 0 Å². The van der Waals surface area contributed by atoms with Gasteiger partial charge in [-0.25, -0.2) is 8.42 Å². The zero-order valence-electron chi connectivity index (χ0n) is 9.33. The lowest BCUT2D eigenvalue weighted by atomic mass is 10.3. The fourth-order valence-corrected chi connectivity index (χ4v) is 1.61. The number of methoxy groups -OCH3 is 1. The first-order valence-electron chi connectivity index (χ1n) is 4.71. The standard InChI is InChI=1S/C9H10ClNO6S/c1-16-8-3-2-7(11(12)13)6-9(8)17-4-5-18(10,14)15/h2-3,6H,4-5H2,1H3. The topological polar surface area (TPSA) is 95.7 Å². The number of benzene rings is 1. The van der Waals surface area contributed by atoms with E-state index in [1.165, 1.54) is 19.2 Å². The highest BCUT2D eigenvalue weighted by atomic mass is 35.7. The monoisotopic (exact) mass is 295 g/mol. The Morgan fingerprint density at radius 3 is 2.56 bits per heavy atom. The average Bonchev–Trinajstić information content (AvgIpc) is 2.27. The van der Waals surface area contributed by atoms with E-state index in [1.807, 2.05) is 0 Å². The number of nitro groups is 1. The molecule has 0 saturated carbocycles. The van der Waals surface area contributed by atoms with E-state index in [1.54, 1.807) is 0 Å². The molecule has 0 unspecified atom stereocenters. The van der Waals surface area contributed by atoms with Gasteiger partial charge in [0, 0.05) is 16.7 Å². The van der Waals surface area contributed by atoms with E-state index in [2.05, 4.69) is 0 Å². The second-order valence-electron chi connectivity index (χ2n) is 3.18. The lowest BCUT2D eigenvalue weighted by Crippen LogP contribution is -2.09. The lowest BCUT2D eigenvalue weighted by molar-refractivity contribution is -0.385. The summed E-state index contributed by atoms with van der Waals surface area (Å²) in [6.07, 6.45) is 0. The van der Waals surface area contributed by atoms with Crippen LogP contribution in [-0.2, 0) is 9.05 Å². The van der Waals surface area contributed by atoms with Crippen LogP contribution in [0.4, 0.5) is 5.69 Å². The number of non-ortho nitro benzene ring substituents is 1. The third-order valence-electron chi connectivity index (χ3n) is 1.94. The molecule has 0 heterocycles. The maximum atomic E-state index is 10.7. The Hall–Kier alpha value is -1.54. The second-order valence-corrected chi connectivity index (χ2v) is 6.08. The average molecular weight is 296 g/mol. The molecule has 0 aromatic heterocycles. The number of nitrogens with zero attached hydrogens (tertiary/aromatic N) is 1. The van der Waals surface area contributed by atoms with Gasteiger partial charge in [-0.15, -0.1) is 0 Å². The highest BCUT2D eigenvalue weighted by Crippen LogP contribution is 2.31. The molecular weight excluding hydrogens is 286 g/mol. The van der Waals surface area contributed by atoms with Crippen molar-refractivity contribution < 1.29 is 22.8 Å². The first-order chi connectivity index (χ1) is 8.33. The van der Waals surface area contributed by atoms with E-state index >= 15 is 0 Å². The Morgan fingerprint density at radius 1 is 1.39 bits per heavy atom. The highest BCUT2D eigenvalue weighted by molar-refractivity contribution is 8.13. The second kappa shape index (κ2) is 5.87. The molecule has 0 radical (unpaired) electrons. The van der Waals surface area contributed by atoms with Crippen molar-refractivity contribution in [3.63, 3.8) is 0 Å². The molecule has 0 aliphatic rings. The van der Waals surface area contributed by atoms with Gasteiger partial charge in [-0.1, -0.05) is 0 Å². The van der Waals surface area contributed by atoms with Gasteiger partial charge < -0.3 is 9.47 Å². The van der Waals surface area contributed by atoms with Crippen molar-refractivity contribution in [1.82, 2.24) is 0 Å². The number of halogens is 1. The van der Waals surface area contributed by atoms with Crippen molar-refractivity contribution in [3.05, 3.63) is 28.3 Å². The highest BCUT2D eigenvalue weighted by Gasteiger charge is 2.13. The van der Waals surface area contributed by atoms with E-state index < -0.39 is 19.7 Å². The molecule has 9 heteroatoms. The fourth-order valence-electron chi connectivity index (χ4n) is 1.14. The molecule has 0 saturated heterocycles. The van der Waals surface area contributed by atoms with E-state index in [4.69, 9.17) is 20.2 Å². The van der Waals surface area contributed by atoms with Crippen LogP contribution < -0.4 is 9.47 Å². The van der Waals surface area contributed by atoms with Crippen LogP contribution in [0.1, 0.15) is 0 Å². The molecule has 100 valence electrons. The Morgan fingerprint density at radius 2 is 2.06 bits per heavy atom. The van der Waals surface area contributed by atoms with Crippen LogP contribution in [0.25, 0.3) is 0 Å². The summed E-state index contributed by atoms with van der Waals surface area (Å²) in [7, 11) is 2.71. The molecule has 1 aromatic rings. The van der Waals surface area contributed by atoms with E-state index in [-0.39, 0.29) is 23.8 Å². The summed E-state index contributed by atoms with van der Waals surface area (Å²) in [4.78, 5) is 9.99. The minimum absolute atomic E-state index is 0.0898. The number of nitro benzene ring substituents is 1. The molecule has 0 fully saturated rings.